The number of aromatic amines is 1. The summed E-state index contributed by atoms with van der Waals surface area (Å²) >= 11 is 0. The van der Waals surface area contributed by atoms with Crippen molar-refractivity contribution in [1.82, 2.24) is 15.3 Å². The number of nitrogens with one attached hydrogen (secondary N) is 2. The van der Waals surface area contributed by atoms with Crippen molar-refractivity contribution >= 4 is 0 Å². The summed E-state index contributed by atoms with van der Waals surface area (Å²) in [6.07, 6.45) is 6.60. The summed E-state index contributed by atoms with van der Waals surface area (Å²) < 4.78 is 5.68. The minimum atomic E-state index is -0.380. The second kappa shape index (κ2) is 5.06. The molecule has 3 rings (SSSR count). The molecule has 0 saturated heterocycles. The van der Waals surface area contributed by atoms with E-state index in [0.717, 1.165) is 31.4 Å². The van der Waals surface area contributed by atoms with Crippen LogP contribution in [-0.2, 0) is 16.9 Å². The van der Waals surface area contributed by atoms with E-state index in [1.54, 1.807) is 13.2 Å². The van der Waals surface area contributed by atoms with Crippen molar-refractivity contribution in [2.45, 2.75) is 56.7 Å². The third-order valence-corrected chi connectivity index (χ3v) is 4.18. The predicted molar refractivity (Wildman–Crippen MR) is 71.9 cm³/mol. The molecule has 0 aromatic carbocycles. The molecule has 0 radical (unpaired) electrons. The first-order valence-corrected chi connectivity index (χ1v) is 7.11. The Morgan fingerprint density at radius 2 is 2.21 bits per heavy atom. The molecule has 5 heteroatoms. The third kappa shape index (κ3) is 2.72. The summed E-state index contributed by atoms with van der Waals surface area (Å²) in [6, 6.07) is 2.20. The molecule has 104 valence electrons. The van der Waals surface area contributed by atoms with Crippen LogP contribution in [0.5, 0.6) is 0 Å². The Balaban J connectivity index is 1.85. The average molecular weight is 263 g/mol. The fourth-order valence-electron chi connectivity index (χ4n) is 2.83. The minimum absolute atomic E-state index is 0.0825. The van der Waals surface area contributed by atoms with Crippen molar-refractivity contribution in [3.63, 3.8) is 0 Å². The summed E-state index contributed by atoms with van der Waals surface area (Å²) in [6.45, 7) is 0.668. The van der Waals surface area contributed by atoms with Gasteiger partial charge in [0.05, 0.1) is 5.69 Å². The van der Waals surface area contributed by atoms with E-state index in [1.165, 1.54) is 12.8 Å². The van der Waals surface area contributed by atoms with Gasteiger partial charge in [0, 0.05) is 25.8 Å². The Kier molecular flexibility index (Phi) is 3.41. The van der Waals surface area contributed by atoms with E-state index in [-0.39, 0.29) is 11.2 Å². The van der Waals surface area contributed by atoms with Gasteiger partial charge in [-0.25, -0.2) is 4.98 Å². The summed E-state index contributed by atoms with van der Waals surface area (Å²) in [5.41, 5.74) is 0.351. The molecule has 0 amide bonds. The normalized spacial score (nSPS) is 21.7. The molecular formula is C14H21N3O2. The lowest BCUT2D eigenvalue weighted by Gasteiger charge is -2.26. The maximum absolute atomic E-state index is 11.8. The zero-order chi connectivity index (χ0) is 13.3. The number of hydrogen-bond acceptors (Lipinski definition) is 4. The van der Waals surface area contributed by atoms with Gasteiger partial charge < -0.3 is 15.0 Å². The van der Waals surface area contributed by atoms with Crippen LogP contribution in [0.2, 0.25) is 0 Å². The molecule has 19 heavy (non-hydrogen) atoms. The molecule has 0 unspecified atom stereocenters. The van der Waals surface area contributed by atoms with E-state index in [4.69, 9.17) is 4.74 Å². The lowest BCUT2D eigenvalue weighted by Crippen LogP contribution is -2.31. The van der Waals surface area contributed by atoms with Gasteiger partial charge in [0.2, 0.25) is 0 Å². The first-order chi connectivity index (χ1) is 9.22. The highest BCUT2D eigenvalue weighted by Gasteiger charge is 2.38. The fraction of sp³-hybridized carbons (Fsp3) is 0.714. The summed E-state index contributed by atoms with van der Waals surface area (Å²) in [5, 5.41) is 3.39. The van der Waals surface area contributed by atoms with E-state index >= 15 is 0 Å². The first kappa shape index (κ1) is 12.8. The van der Waals surface area contributed by atoms with E-state index in [9.17, 15) is 4.79 Å². The molecule has 1 aromatic rings. The Morgan fingerprint density at radius 1 is 1.47 bits per heavy atom. The van der Waals surface area contributed by atoms with Crippen LogP contribution in [0.4, 0.5) is 0 Å². The van der Waals surface area contributed by atoms with Crippen molar-refractivity contribution in [2.24, 2.45) is 0 Å². The lowest BCUT2D eigenvalue weighted by atomic mass is 10.0. The SMILES string of the molecule is COC1(c2nc(CNC3CC3)cc(=O)[nH]2)CCCC1. The average Bonchev–Trinajstić information content (AvgIpc) is 3.11. The van der Waals surface area contributed by atoms with Crippen LogP contribution < -0.4 is 10.9 Å². The topological polar surface area (TPSA) is 67.0 Å². The highest BCUT2D eigenvalue weighted by molar-refractivity contribution is 5.11. The Hall–Kier alpha value is -1.20. The maximum Gasteiger partial charge on any atom is 0.251 e. The number of methoxy groups -OCH3 is 1. The van der Waals surface area contributed by atoms with Crippen molar-refractivity contribution in [1.29, 1.82) is 0 Å². The van der Waals surface area contributed by atoms with Gasteiger partial charge in [-0.2, -0.15) is 0 Å². The minimum Gasteiger partial charge on any atom is -0.370 e. The van der Waals surface area contributed by atoms with Gasteiger partial charge in [-0.05, 0) is 38.5 Å². The molecule has 2 aliphatic carbocycles. The number of rotatable bonds is 5. The zero-order valence-corrected chi connectivity index (χ0v) is 11.4. The van der Waals surface area contributed by atoms with E-state index in [2.05, 4.69) is 15.3 Å². The number of hydrogen-bond donors (Lipinski definition) is 2. The summed E-state index contributed by atoms with van der Waals surface area (Å²) in [4.78, 5) is 19.3. The van der Waals surface area contributed by atoms with Crippen LogP contribution in [0, 0.1) is 0 Å². The highest BCUT2D eigenvalue weighted by Crippen LogP contribution is 2.39. The Labute approximate surface area is 112 Å². The van der Waals surface area contributed by atoms with Crippen LogP contribution in [0.25, 0.3) is 0 Å². The number of aromatic nitrogens is 2. The Bertz CT molecular complexity index is 502. The second-order valence-corrected chi connectivity index (χ2v) is 5.65. The predicted octanol–water partition coefficient (Wildman–Crippen LogP) is 1.44. The van der Waals surface area contributed by atoms with Crippen LogP contribution in [0.15, 0.2) is 10.9 Å². The van der Waals surface area contributed by atoms with Gasteiger partial charge in [-0.1, -0.05) is 0 Å². The van der Waals surface area contributed by atoms with Gasteiger partial charge in [-0.15, -0.1) is 0 Å². The van der Waals surface area contributed by atoms with Crippen LogP contribution >= 0.6 is 0 Å². The summed E-state index contributed by atoms with van der Waals surface area (Å²) in [5.74, 6) is 0.701. The van der Waals surface area contributed by atoms with E-state index in [0.29, 0.717) is 18.4 Å². The van der Waals surface area contributed by atoms with Crippen LogP contribution in [0.3, 0.4) is 0 Å². The standard InChI is InChI=1S/C14H21N3O2/c1-19-14(6-2-3-7-14)13-16-11(8-12(18)17-13)9-15-10-4-5-10/h8,10,15H,2-7,9H2,1H3,(H,16,17,18). The molecule has 2 aliphatic rings. The van der Waals surface area contributed by atoms with Crippen molar-refractivity contribution in [2.75, 3.05) is 7.11 Å². The molecular weight excluding hydrogens is 242 g/mol. The summed E-state index contributed by atoms with van der Waals surface area (Å²) in [7, 11) is 1.71. The third-order valence-electron chi connectivity index (χ3n) is 4.18. The highest BCUT2D eigenvalue weighted by atomic mass is 16.5. The van der Waals surface area contributed by atoms with Crippen LogP contribution in [0.1, 0.15) is 50.0 Å². The molecule has 5 nitrogen and oxygen atoms in total. The molecule has 2 saturated carbocycles. The van der Waals surface area contributed by atoms with Gasteiger partial charge in [0.1, 0.15) is 11.4 Å². The molecule has 2 N–H and O–H groups in total. The Morgan fingerprint density at radius 3 is 2.84 bits per heavy atom. The van der Waals surface area contributed by atoms with Crippen molar-refractivity contribution in [3.8, 4) is 0 Å². The number of H-pyrrole nitrogens is 1. The smallest absolute Gasteiger partial charge is 0.251 e. The van der Waals surface area contributed by atoms with Gasteiger partial charge >= 0.3 is 0 Å². The van der Waals surface area contributed by atoms with Crippen LogP contribution in [-0.4, -0.2) is 23.1 Å². The lowest BCUT2D eigenvalue weighted by molar-refractivity contribution is -0.0166. The van der Waals surface area contributed by atoms with Gasteiger partial charge in [-0.3, -0.25) is 4.79 Å². The molecule has 0 atom stereocenters. The fourth-order valence-corrected chi connectivity index (χ4v) is 2.83. The molecule has 2 fully saturated rings. The van der Waals surface area contributed by atoms with E-state index in [1.807, 2.05) is 0 Å². The first-order valence-electron chi connectivity index (χ1n) is 7.11. The van der Waals surface area contributed by atoms with Crippen molar-refractivity contribution < 1.29 is 4.74 Å². The van der Waals surface area contributed by atoms with Gasteiger partial charge in [0.15, 0.2) is 0 Å². The quantitative estimate of drug-likeness (QED) is 0.843. The molecule has 1 heterocycles. The molecule has 0 spiro atoms. The van der Waals surface area contributed by atoms with E-state index < -0.39 is 0 Å². The number of ether oxygens (including phenoxy) is 1. The molecule has 0 bridgehead atoms. The largest absolute Gasteiger partial charge is 0.370 e. The van der Waals surface area contributed by atoms with Gasteiger partial charge in [0.25, 0.3) is 5.56 Å². The number of nitrogens with zero attached hydrogens (tertiary/aromatic N) is 1. The molecule has 0 aliphatic heterocycles. The maximum atomic E-state index is 11.8. The van der Waals surface area contributed by atoms with Crippen molar-refractivity contribution in [3.05, 3.63) is 27.9 Å². The monoisotopic (exact) mass is 263 g/mol. The molecule has 1 aromatic heterocycles. The second-order valence-electron chi connectivity index (χ2n) is 5.65. The zero-order valence-electron chi connectivity index (χ0n) is 11.4.